The lowest BCUT2D eigenvalue weighted by Gasteiger charge is -2.10. The number of amides is 2. The van der Waals surface area contributed by atoms with Crippen LogP contribution in [0.1, 0.15) is 142 Å². The smallest absolute Gasteiger partial charge is 0.306 e. The summed E-state index contributed by atoms with van der Waals surface area (Å²) in [5.41, 5.74) is 0. The van der Waals surface area contributed by atoms with E-state index in [0.717, 1.165) is 38.5 Å². The zero-order valence-corrected chi connectivity index (χ0v) is 30.7. The molecular formula is C37H66N2O11. The van der Waals surface area contributed by atoms with Gasteiger partial charge in [-0.3, -0.25) is 24.0 Å². The van der Waals surface area contributed by atoms with Crippen LogP contribution in [0.5, 0.6) is 0 Å². The van der Waals surface area contributed by atoms with Crippen LogP contribution in [-0.2, 0) is 43.0 Å². The first kappa shape index (κ1) is 47.1. The van der Waals surface area contributed by atoms with E-state index in [-0.39, 0.29) is 61.9 Å². The SMILES string of the molecule is CC(=O)CC[C@H](CC(=O)CCC(=O)NCCCOCCOCCOCCCNC(=O)CCCCCCCCCCCCCCC(=O)O)C(=O)O. The number of carboxylic acids is 2. The number of rotatable bonds is 38. The molecule has 0 aliphatic carbocycles. The molecule has 1 atom stereocenters. The molecule has 0 heterocycles. The van der Waals surface area contributed by atoms with Crippen molar-refractivity contribution >= 4 is 35.3 Å². The third-order valence-electron chi connectivity index (χ3n) is 8.16. The molecule has 0 rings (SSSR count). The summed E-state index contributed by atoms with van der Waals surface area (Å²) in [4.78, 5) is 68.8. The molecule has 2 amide bonds. The second-order valence-electron chi connectivity index (χ2n) is 12.9. The molecule has 13 heteroatoms. The zero-order chi connectivity index (χ0) is 37.1. The van der Waals surface area contributed by atoms with Crippen molar-refractivity contribution in [1.29, 1.82) is 0 Å². The third kappa shape index (κ3) is 34.9. The van der Waals surface area contributed by atoms with Crippen molar-refractivity contribution in [3.63, 3.8) is 0 Å². The number of carbonyl (C=O) groups excluding carboxylic acids is 4. The Morgan fingerprint density at radius 1 is 0.500 bits per heavy atom. The number of carbonyl (C=O) groups is 6. The van der Waals surface area contributed by atoms with Crippen LogP contribution < -0.4 is 10.6 Å². The van der Waals surface area contributed by atoms with Crippen molar-refractivity contribution in [1.82, 2.24) is 10.6 Å². The highest BCUT2D eigenvalue weighted by Gasteiger charge is 2.21. The first-order chi connectivity index (χ1) is 24.1. The van der Waals surface area contributed by atoms with Crippen molar-refractivity contribution in [2.24, 2.45) is 5.92 Å². The van der Waals surface area contributed by atoms with Gasteiger partial charge in [0.05, 0.1) is 32.3 Å². The topological polar surface area (TPSA) is 195 Å². The normalized spacial score (nSPS) is 11.6. The van der Waals surface area contributed by atoms with E-state index in [1.807, 2.05) is 0 Å². The summed E-state index contributed by atoms with van der Waals surface area (Å²) in [7, 11) is 0. The fraction of sp³-hybridized carbons (Fsp3) is 0.838. The molecule has 0 aliphatic heterocycles. The van der Waals surface area contributed by atoms with Gasteiger partial charge in [0.2, 0.25) is 11.8 Å². The van der Waals surface area contributed by atoms with E-state index >= 15 is 0 Å². The molecule has 0 fully saturated rings. The summed E-state index contributed by atoms with van der Waals surface area (Å²) in [5, 5.41) is 23.5. The largest absolute Gasteiger partial charge is 0.481 e. The van der Waals surface area contributed by atoms with Crippen molar-refractivity contribution in [3.05, 3.63) is 0 Å². The fourth-order valence-corrected chi connectivity index (χ4v) is 5.17. The highest BCUT2D eigenvalue weighted by molar-refractivity contribution is 5.87. The molecule has 50 heavy (non-hydrogen) atoms. The first-order valence-corrected chi connectivity index (χ1v) is 18.8. The highest BCUT2D eigenvalue weighted by atomic mass is 16.5. The number of unbranched alkanes of at least 4 members (excludes halogenated alkanes) is 11. The van der Waals surface area contributed by atoms with E-state index in [4.69, 9.17) is 19.3 Å². The van der Waals surface area contributed by atoms with Gasteiger partial charge in [-0.15, -0.1) is 0 Å². The van der Waals surface area contributed by atoms with E-state index < -0.39 is 17.9 Å². The Morgan fingerprint density at radius 2 is 0.920 bits per heavy atom. The summed E-state index contributed by atoms with van der Waals surface area (Å²) in [6.07, 6.45) is 15.8. The number of hydrogen-bond donors (Lipinski definition) is 4. The van der Waals surface area contributed by atoms with Crippen LogP contribution in [0.25, 0.3) is 0 Å². The fourth-order valence-electron chi connectivity index (χ4n) is 5.17. The van der Waals surface area contributed by atoms with Gasteiger partial charge in [0.25, 0.3) is 0 Å². The van der Waals surface area contributed by atoms with Crippen LogP contribution in [0.4, 0.5) is 0 Å². The van der Waals surface area contributed by atoms with Crippen molar-refractivity contribution in [2.45, 2.75) is 142 Å². The van der Waals surface area contributed by atoms with Crippen LogP contribution >= 0.6 is 0 Å². The molecular weight excluding hydrogens is 648 g/mol. The Labute approximate surface area is 299 Å². The minimum atomic E-state index is -1.11. The van der Waals surface area contributed by atoms with Gasteiger partial charge in [0, 0.05) is 64.8 Å². The average Bonchev–Trinajstić information content (AvgIpc) is 3.07. The average molecular weight is 715 g/mol. The summed E-state index contributed by atoms with van der Waals surface area (Å²) in [6, 6.07) is 0. The standard InChI is InChI=1S/C37H66N2O11/c1-31(40)18-19-32(37(46)47)30-33(41)20-21-35(43)39-23-15-25-49-27-29-50-28-26-48-24-14-22-38-34(42)16-12-10-8-6-4-2-3-5-7-9-11-13-17-36(44)45/h32H,2-30H2,1H3,(H,38,42)(H,39,43)(H,44,45)(H,46,47)/t32-/m1/s1. The molecule has 0 saturated heterocycles. The maximum absolute atomic E-state index is 12.0. The molecule has 0 saturated carbocycles. The highest BCUT2D eigenvalue weighted by Crippen LogP contribution is 2.15. The first-order valence-electron chi connectivity index (χ1n) is 18.8. The predicted molar refractivity (Wildman–Crippen MR) is 190 cm³/mol. The maximum atomic E-state index is 12.0. The van der Waals surface area contributed by atoms with E-state index in [1.54, 1.807) is 0 Å². The number of ketones is 2. The van der Waals surface area contributed by atoms with Crippen LogP contribution in [-0.4, -0.2) is 98.3 Å². The number of hydrogen-bond acceptors (Lipinski definition) is 9. The number of nitrogens with one attached hydrogen (secondary N) is 2. The molecule has 0 spiro atoms. The molecule has 0 aliphatic rings. The summed E-state index contributed by atoms with van der Waals surface area (Å²) < 4.78 is 16.5. The number of Topliss-reactive ketones (excluding diaryl/α,β-unsaturated/α-hetero) is 2. The van der Waals surface area contributed by atoms with Crippen molar-refractivity contribution in [3.8, 4) is 0 Å². The lowest BCUT2D eigenvalue weighted by molar-refractivity contribution is -0.144. The zero-order valence-electron chi connectivity index (χ0n) is 30.7. The predicted octanol–water partition coefficient (Wildman–Crippen LogP) is 5.40. The molecule has 0 aromatic rings. The Morgan fingerprint density at radius 3 is 1.36 bits per heavy atom. The van der Waals surface area contributed by atoms with Gasteiger partial charge in [-0.25, -0.2) is 0 Å². The van der Waals surface area contributed by atoms with E-state index in [0.29, 0.717) is 65.6 Å². The lowest BCUT2D eigenvalue weighted by atomic mass is 9.94. The molecule has 0 aromatic heterocycles. The molecule has 4 N–H and O–H groups in total. The second kappa shape index (κ2) is 34.5. The Balaban J connectivity index is 3.40. The van der Waals surface area contributed by atoms with Gasteiger partial charge in [0.1, 0.15) is 11.6 Å². The van der Waals surface area contributed by atoms with E-state index in [2.05, 4.69) is 10.6 Å². The molecule has 0 unspecified atom stereocenters. The summed E-state index contributed by atoms with van der Waals surface area (Å²) in [5.74, 6) is -3.32. The molecule has 0 aromatic carbocycles. The Bertz CT molecular complexity index is 929. The number of ether oxygens (including phenoxy) is 3. The Hall–Kier alpha value is -2.90. The van der Waals surface area contributed by atoms with Gasteiger partial charge >= 0.3 is 11.9 Å². The van der Waals surface area contributed by atoms with Gasteiger partial charge in [-0.1, -0.05) is 64.2 Å². The second-order valence-corrected chi connectivity index (χ2v) is 12.9. The number of aliphatic carboxylic acids is 2. The molecule has 0 bridgehead atoms. The molecule has 0 radical (unpaired) electrons. The van der Waals surface area contributed by atoms with Crippen molar-refractivity contribution < 1.29 is 53.2 Å². The summed E-state index contributed by atoms with van der Waals surface area (Å²) >= 11 is 0. The maximum Gasteiger partial charge on any atom is 0.306 e. The lowest BCUT2D eigenvalue weighted by Crippen LogP contribution is -2.26. The van der Waals surface area contributed by atoms with Crippen LogP contribution in [0.2, 0.25) is 0 Å². The van der Waals surface area contributed by atoms with Gasteiger partial charge < -0.3 is 39.9 Å². The number of carboxylic acid groups (broad SMARTS) is 2. The third-order valence-corrected chi connectivity index (χ3v) is 8.16. The minimum absolute atomic E-state index is 0.00554. The van der Waals surface area contributed by atoms with E-state index in [9.17, 15) is 33.9 Å². The van der Waals surface area contributed by atoms with Gasteiger partial charge in [0.15, 0.2) is 0 Å². The monoisotopic (exact) mass is 714 g/mol. The van der Waals surface area contributed by atoms with Gasteiger partial charge in [-0.2, -0.15) is 0 Å². The quantitative estimate of drug-likeness (QED) is 0.0598. The molecule has 13 nitrogen and oxygen atoms in total. The van der Waals surface area contributed by atoms with Crippen LogP contribution in [0.15, 0.2) is 0 Å². The summed E-state index contributed by atoms with van der Waals surface area (Å²) in [6.45, 7) is 5.14. The van der Waals surface area contributed by atoms with Crippen LogP contribution in [0.3, 0.4) is 0 Å². The van der Waals surface area contributed by atoms with Crippen molar-refractivity contribution in [2.75, 3.05) is 52.7 Å². The van der Waals surface area contributed by atoms with Gasteiger partial charge in [-0.05, 0) is 39.0 Å². The minimum Gasteiger partial charge on any atom is -0.481 e. The molecule has 290 valence electrons. The van der Waals surface area contributed by atoms with E-state index in [1.165, 1.54) is 51.9 Å². The van der Waals surface area contributed by atoms with Crippen LogP contribution in [0, 0.1) is 5.92 Å². The Kier molecular flexibility index (Phi) is 32.5.